The first-order valence-corrected chi connectivity index (χ1v) is 9.16. The summed E-state index contributed by atoms with van der Waals surface area (Å²) in [5.41, 5.74) is 2.33. The van der Waals surface area contributed by atoms with Crippen molar-refractivity contribution in [1.29, 1.82) is 0 Å². The maximum Gasteiger partial charge on any atom is 0.169 e. The van der Waals surface area contributed by atoms with E-state index in [1.54, 1.807) is 14.2 Å². The molecule has 1 aliphatic heterocycles. The second-order valence-electron chi connectivity index (χ2n) is 6.15. The SMILES string of the molecule is COc1ccc(CNC(=S)N2CCN(c3ccccc3OC)CC2)cc1. The first kappa shape index (κ1) is 18.3. The van der Waals surface area contributed by atoms with E-state index in [-0.39, 0.29) is 0 Å². The Labute approximate surface area is 160 Å². The normalized spacial score (nSPS) is 14.1. The van der Waals surface area contributed by atoms with Crippen molar-refractivity contribution in [2.75, 3.05) is 45.3 Å². The lowest BCUT2D eigenvalue weighted by atomic mass is 10.2. The molecule has 5 nitrogen and oxygen atoms in total. The van der Waals surface area contributed by atoms with E-state index < -0.39 is 0 Å². The number of piperazine rings is 1. The van der Waals surface area contributed by atoms with E-state index >= 15 is 0 Å². The smallest absolute Gasteiger partial charge is 0.169 e. The molecule has 0 amide bonds. The van der Waals surface area contributed by atoms with Gasteiger partial charge in [-0.25, -0.2) is 0 Å². The molecule has 26 heavy (non-hydrogen) atoms. The molecular weight excluding hydrogens is 346 g/mol. The minimum Gasteiger partial charge on any atom is -0.497 e. The number of methoxy groups -OCH3 is 2. The predicted molar refractivity (Wildman–Crippen MR) is 109 cm³/mol. The molecule has 3 rings (SSSR count). The summed E-state index contributed by atoms with van der Waals surface area (Å²) in [4.78, 5) is 4.58. The molecule has 1 aliphatic rings. The molecule has 0 aromatic heterocycles. The molecule has 2 aromatic rings. The highest BCUT2D eigenvalue weighted by atomic mass is 32.1. The molecule has 0 unspecified atom stereocenters. The molecule has 138 valence electrons. The van der Waals surface area contributed by atoms with Gasteiger partial charge in [0.05, 0.1) is 19.9 Å². The summed E-state index contributed by atoms with van der Waals surface area (Å²) >= 11 is 5.57. The lowest BCUT2D eigenvalue weighted by Crippen LogP contribution is -2.51. The summed E-state index contributed by atoms with van der Waals surface area (Å²) in [6.45, 7) is 4.35. The average molecular weight is 372 g/mol. The third kappa shape index (κ3) is 4.38. The van der Waals surface area contributed by atoms with E-state index in [0.717, 1.165) is 55.0 Å². The molecule has 0 saturated carbocycles. The first-order valence-electron chi connectivity index (χ1n) is 8.75. The Morgan fingerprint density at radius 3 is 2.31 bits per heavy atom. The molecule has 1 fully saturated rings. The lowest BCUT2D eigenvalue weighted by Gasteiger charge is -2.37. The Kier molecular flexibility index (Phi) is 6.17. The second kappa shape index (κ2) is 8.76. The number of hydrogen-bond donors (Lipinski definition) is 1. The van der Waals surface area contributed by atoms with Crippen molar-refractivity contribution in [3.8, 4) is 11.5 Å². The van der Waals surface area contributed by atoms with Crippen LogP contribution in [0.3, 0.4) is 0 Å². The zero-order valence-electron chi connectivity index (χ0n) is 15.3. The van der Waals surface area contributed by atoms with E-state index in [1.165, 1.54) is 5.56 Å². The number of nitrogens with zero attached hydrogens (tertiary/aromatic N) is 2. The van der Waals surface area contributed by atoms with E-state index in [9.17, 15) is 0 Å². The van der Waals surface area contributed by atoms with Gasteiger partial charge in [-0.15, -0.1) is 0 Å². The number of benzene rings is 2. The largest absolute Gasteiger partial charge is 0.497 e. The van der Waals surface area contributed by atoms with Crippen LogP contribution in [0.4, 0.5) is 5.69 Å². The van der Waals surface area contributed by atoms with Gasteiger partial charge < -0.3 is 24.6 Å². The minimum atomic E-state index is 0.718. The summed E-state index contributed by atoms with van der Waals surface area (Å²) in [6, 6.07) is 16.2. The van der Waals surface area contributed by atoms with Crippen LogP contribution >= 0.6 is 12.2 Å². The van der Waals surface area contributed by atoms with Crippen LogP contribution in [0, 0.1) is 0 Å². The number of ether oxygens (including phenoxy) is 2. The fourth-order valence-corrected chi connectivity index (χ4v) is 3.33. The topological polar surface area (TPSA) is 37.0 Å². The van der Waals surface area contributed by atoms with E-state index in [0.29, 0.717) is 0 Å². The van der Waals surface area contributed by atoms with Crippen LogP contribution in [0.15, 0.2) is 48.5 Å². The molecule has 0 spiro atoms. The van der Waals surface area contributed by atoms with Gasteiger partial charge in [-0.2, -0.15) is 0 Å². The third-order valence-corrected chi connectivity index (χ3v) is 5.00. The van der Waals surface area contributed by atoms with Crippen molar-refractivity contribution < 1.29 is 9.47 Å². The maximum atomic E-state index is 5.57. The summed E-state index contributed by atoms with van der Waals surface area (Å²) in [5, 5.41) is 4.16. The molecule has 0 radical (unpaired) electrons. The minimum absolute atomic E-state index is 0.718. The van der Waals surface area contributed by atoms with Crippen molar-refractivity contribution in [1.82, 2.24) is 10.2 Å². The fourth-order valence-electron chi connectivity index (χ4n) is 3.07. The van der Waals surface area contributed by atoms with Gasteiger partial charge >= 0.3 is 0 Å². The average Bonchev–Trinajstić information content (AvgIpc) is 2.72. The monoisotopic (exact) mass is 371 g/mol. The van der Waals surface area contributed by atoms with Gasteiger partial charge in [-0.1, -0.05) is 24.3 Å². The maximum absolute atomic E-state index is 5.57. The molecule has 2 aromatic carbocycles. The van der Waals surface area contributed by atoms with Crippen molar-refractivity contribution >= 4 is 23.0 Å². The third-order valence-electron chi connectivity index (χ3n) is 4.60. The highest BCUT2D eigenvalue weighted by Gasteiger charge is 2.20. The van der Waals surface area contributed by atoms with Crippen molar-refractivity contribution in [3.05, 3.63) is 54.1 Å². The molecule has 0 atom stereocenters. The zero-order chi connectivity index (χ0) is 18.4. The second-order valence-corrected chi connectivity index (χ2v) is 6.54. The number of thiocarbonyl (C=S) groups is 1. The summed E-state index contributed by atoms with van der Waals surface area (Å²) < 4.78 is 10.7. The van der Waals surface area contributed by atoms with Crippen molar-refractivity contribution in [3.63, 3.8) is 0 Å². The highest BCUT2D eigenvalue weighted by Crippen LogP contribution is 2.28. The van der Waals surface area contributed by atoms with Crippen LogP contribution in [0.2, 0.25) is 0 Å². The molecule has 1 N–H and O–H groups in total. The van der Waals surface area contributed by atoms with Crippen LogP contribution in [0.25, 0.3) is 0 Å². The van der Waals surface area contributed by atoms with Crippen LogP contribution in [0.1, 0.15) is 5.56 Å². The Morgan fingerprint density at radius 2 is 1.65 bits per heavy atom. The summed E-state index contributed by atoms with van der Waals surface area (Å²) in [6.07, 6.45) is 0. The lowest BCUT2D eigenvalue weighted by molar-refractivity contribution is 0.373. The zero-order valence-corrected chi connectivity index (χ0v) is 16.1. The predicted octanol–water partition coefficient (Wildman–Crippen LogP) is 2.90. The number of nitrogens with one attached hydrogen (secondary N) is 1. The van der Waals surface area contributed by atoms with Gasteiger partial charge in [-0.05, 0) is 42.0 Å². The Morgan fingerprint density at radius 1 is 0.962 bits per heavy atom. The molecule has 1 heterocycles. The number of para-hydroxylation sites is 2. The van der Waals surface area contributed by atoms with Gasteiger partial charge in [0.15, 0.2) is 5.11 Å². The van der Waals surface area contributed by atoms with Crippen molar-refractivity contribution in [2.24, 2.45) is 0 Å². The number of anilines is 1. The Bertz CT molecular complexity index is 728. The summed E-state index contributed by atoms with van der Waals surface area (Å²) in [7, 11) is 3.39. The summed E-state index contributed by atoms with van der Waals surface area (Å²) in [5.74, 6) is 1.78. The van der Waals surface area contributed by atoms with E-state index in [4.69, 9.17) is 21.7 Å². The van der Waals surface area contributed by atoms with Crippen LogP contribution in [-0.4, -0.2) is 50.4 Å². The van der Waals surface area contributed by atoms with Gasteiger partial charge in [-0.3, -0.25) is 0 Å². The van der Waals surface area contributed by atoms with Gasteiger partial charge in [0.25, 0.3) is 0 Å². The van der Waals surface area contributed by atoms with Gasteiger partial charge in [0, 0.05) is 32.7 Å². The standard InChI is InChI=1S/C20H25N3O2S/c1-24-17-9-7-16(8-10-17)15-21-20(26)23-13-11-22(12-14-23)18-5-3-4-6-19(18)25-2/h3-10H,11-15H2,1-2H3,(H,21,26). The van der Waals surface area contributed by atoms with Crippen molar-refractivity contribution in [2.45, 2.75) is 6.54 Å². The Balaban J connectivity index is 1.50. The van der Waals surface area contributed by atoms with Crippen LogP contribution in [-0.2, 0) is 6.54 Å². The molecule has 0 aliphatic carbocycles. The van der Waals surface area contributed by atoms with Crippen LogP contribution < -0.4 is 19.7 Å². The molecule has 1 saturated heterocycles. The molecule has 6 heteroatoms. The van der Waals surface area contributed by atoms with Gasteiger partial charge in [0.2, 0.25) is 0 Å². The van der Waals surface area contributed by atoms with E-state index in [1.807, 2.05) is 42.5 Å². The molecular formula is C20H25N3O2S. The highest BCUT2D eigenvalue weighted by molar-refractivity contribution is 7.80. The number of hydrogen-bond acceptors (Lipinski definition) is 4. The van der Waals surface area contributed by atoms with Gasteiger partial charge in [0.1, 0.15) is 11.5 Å². The van der Waals surface area contributed by atoms with E-state index in [2.05, 4.69) is 21.2 Å². The fraction of sp³-hybridized carbons (Fsp3) is 0.350. The number of rotatable bonds is 5. The first-order chi connectivity index (χ1) is 12.7. The quantitative estimate of drug-likeness (QED) is 0.815. The molecule has 0 bridgehead atoms. The van der Waals surface area contributed by atoms with Crippen LogP contribution in [0.5, 0.6) is 11.5 Å². The Hall–Kier alpha value is -2.47.